The molecular formula is C13H11NO5S2. The van der Waals surface area contributed by atoms with Crippen molar-refractivity contribution < 1.29 is 23.1 Å². The number of Topliss-reactive ketones (excluding diaryl/α,β-unsaturated/α-hetero) is 1. The van der Waals surface area contributed by atoms with Crippen LogP contribution in [0.25, 0.3) is 0 Å². The Bertz CT molecular complexity index is 807. The van der Waals surface area contributed by atoms with Gasteiger partial charge in [-0.3, -0.25) is 9.52 Å². The lowest BCUT2D eigenvalue weighted by atomic mass is 10.1. The minimum atomic E-state index is -3.87. The molecule has 21 heavy (non-hydrogen) atoms. The molecule has 8 heteroatoms. The number of aromatic carboxylic acids is 1. The maximum absolute atomic E-state index is 12.1. The summed E-state index contributed by atoms with van der Waals surface area (Å²) in [4.78, 5) is 22.0. The van der Waals surface area contributed by atoms with Gasteiger partial charge < -0.3 is 5.11 Å². The minimum Gasteiger partial charge on any atom is -0.478 e. The van der Waals surface area contributed by atoms with E-state index in [4.69, 9.17) is 5.11 Å². The smallest absolute Gasteiger partial charge is 0.336 e. The number of carbonyl (C=O) groups excluding carboxylic acids is 1. The second-order valence-corrected chi connectivity index (χ2v) is 7.02. The molecule has 0 aliphatic carbocycles. The zero-order valence-electron chi connectivity index (χ0n) is 10.9. The number of carboxylic acid groups (broad SMARTS) is 1. The standard InChI is InChI=1S/C13H11NO5S2/c1-8(15)9-3-2-4-11(5-9)14-21(18,19)12-6-10(7-20-12)13(16)17/h2-7,14H,1H3,(H,16,17). The number of anilines is 1. The summed E-state index contributed by atoms with van der Waals surface area (Å²) in [6.45, 7) is 1.38. The molecule has 2 rings (SSSR count). The topological polar surface area (TPSA) is 101 Å². The first-order valence-electron chi connectivity index (χ1n) is 5.75. The summed E-state index contributed by atoms with van der Waals surface area (Å²) >= 11 is 0.816. The highest BCUT2D eigenvalue weighted by Gasteiger charge is 2.19. The highest BCUT2D eigenvalue weighted by Crippen LogP contribution is 2.23. The molecule has 6 nitrogen and oxygen atoms in total. The number of sulfonamides is 1. The van der Waals surface area contributed by atoms with Crippen LogP contribution in [0.2, 0.25) is 0 Å². The molecule has 1 heterocycles. The van der Waals surface area contributed by atoms with Gasteiger partial charge >= 0.3 is 5.97 Å². The van der Waals surface area contributed by atoms with E-state index in [9.17, 15) is 18.0 Å². The number of hydrogen-bond acceptors (Lipinski definition) is 5. The van der Waals surface area contributed by atoms with Crippen molar-refractivity contribution in [3.05, 3.63) is 46.8 Å². The first-order chi connectivity index (χ1) is 9.79. The highest BCUT2D eigenvalue weighted by atomic mass is 32.2. The largest absolute Gasteiger partial charge is 0.478 e. The van der Waals surface area contributed by atoms with E-state index in [0.29, 0.717) is 5.56 Å². The molecule has 2 aromatic rings. The van der Waals surface area contributed by atoms with Crippen molar-refractivity contribution >= 4 is 38.8 Å². The van der Waals surface area contributed by atoms with Crippen LogP contribution < -0.4 is 4.72 Å². The number of hydrogen-bond donors (Lipinski definition) is 2. The summed E-state index contributed by atoms with van der Waals surface area (Å²) in [5.41, 5.74) is 0.540. The predicted molar refractivity (Wildman–Crippen MR) is 78.5 cm³/mol. The van der Waals surface area contributed by atoms with E-state index >= 15 is 0 Å². The van der Waals surface area contributed by atoms with Gasteiger partial charge in [0.05, 0.1) is 5.56 Å². The van der Waals surface area contributed by atoms with Crippen LogP contribution in [-0.4, -0.2) is 25.3 Å². The van der Waals surface area contributed by atoms with Crippen molar-refractivity contribution in [3.63, 3.8) is 0 Å². The molecule has 0 unspecified atom stereocenters. The monoisotopic (exact) mass is 325 g/mol. The maximum atomic E-state index is 12.1. The van der Waals surface area contributed by atoms with Crippen LogP contribution in [0.5, 0.6) is 0 Å². The fourth-order valence-electron chi connectivity index (χ4n) is 1.58. The van der Waals surface area contributed by atoms with Gasteiger partial charge in [-0.25, -0.2) is 13.2 Å². The predicted octanol–water partition coefficient (Wildman–Crippen LogP) is 2.45. The summed E-state index contributed by atoms with van der Waals surface area (Å²) in [5.74, 6) is -1.37. The lowest BCUT2D eigenvalue weighted by molar-refractivity contribution is 0.0697. The molecule has 0 spiro atoms. The number of ketones is 1. The summed E-state index contributed by atoms with van der Waals surface area (Å²) in [6, 6.07) is 7.16. The summed E-state index contributed by atoms with van der Waals surface area (Å²) in [7, 11) is -3.87. The Kier molecular flexibility index (Phi) is 4.10. The van der Waals surface area contributed by atoms with Crippen LogP contribution in [0.15, 0.2) is 39.9 Å². The van der Waals surface area contributed by atoms with Gasteiger partial charge in [0.1, 0.15) is 4.21 Å². The molecule has 0 bridgehead atoms. The van der Waals surface area contributed by atoms with Crippen molar-refractivity contribution in [1.82, 2.24) is 0 Å². The Morgan fingerprint density at radius 2 is 1.90 bits per heavy atom. The van der Waals surface area contributed by atoms with Gasteiger partial charge in [0.2, 0.25) is 0 Å². The molecule has 110 valence electrons. The van der Waals surface area contributed by atoms with Crippen LogP contribution in [-0.2, 0) is 10.0 Å². The van der Waals surface area contributed by atoms with E-state index in [1.807, 2.05) is 0 Å². The van der Waals surface area contributed by atoms with Gasteiger partial charge in [0.15, 0.2) is 5.78 Å². The number of nitrogens with one attached hydrogen (secondary N) is 1. The van der Waals surface area contributed by atoms with Crippen LogP contribution in [0.1, 0.15) is 27.6 Å². The first kappa shape index (κ1) is 15.2. The second-order valence-electron chi connectivity index (χ2n) is 4.20. The Hall–Kier alpha value is -2.19. The fraction of sp³-hybridized carbons (Fsp3) is 0.0769. The summed E-state index contributed by atoms with van der Waals surface area (Å²) < 4.78 is 26.5. The van der Waals surface area contributed by atoms with Gasteiger partial charge in [0.25, 0.3) is 10.0 Å². The number of rotatable bonds is 5. The normalized spacial score (nSPS) is 11.1. The minimum absolute atomic E-state index is 0.0853. The van der Waals surface area contributed by atoms with Crippen molar-refractivity contribution in [2.24, 2.45) is 0 Å². The Labute approximate surface area is 125 Å². The molecule has 1 aromatic carbocycles. The van der Waals surface area contributed by atoms with E-state index in [2.05, 4.69) is 4.72 Å². The van der Waals surface area contributed by atoms with Gasteiger partial charge in [0, 0.05) is 16.6 Å². The number of carbonyl (C=O) groups is 2. The molecule has 0 atom stereocenters. The maximum Gasteiger partial charge on any atom is 0.336 e. The third-order valence-corrected chi connectivity index (χ3v) is 5.43. The Morgan fingerprint density at radius 1 is 1.19 bits per heavy atom. The molecule has 0 aliphatic heterocycles. The lowest BCUT2D eigenvalue weighted by Gasteiger charge is -2.07. The zero-order valence-corrected chi connectivity index (χ0v) is 12.5. The van der Waals surface area contributed by atoms with Crippen LogP contribution in [0.3, 0.4) is 0 Å². The van der Waals surface area contributed by atoms with E-state index < -0.39 is 16.0 Å². The Morgan fingerprint density at radius 3 is 2.48 bits per heavy atom. The van der Waals surface area contributed by atoms with Crippen LogP contribution in [0.4, 0.5) is 5.69 Å². The van der Waals surface area contributed by atoms with E-state index in [1.54, 1.807) is 12.1 Å². The van der Waals surface area contributed by atoms with Gasteiger partial charge in [-0.15, -0.1) is 11.3 Å². The number of carboxylic acids is 1. The third kappa shape index (κ3) is 3.47. The molecule has 0 fully saturated rings. The van der Waals surface area contributed by atoms with E-state index in [0.717, 1.165) is 17.4 Å². The van der Waals surface area contributed by atoms with E-state index in [-0.39, 0.29) is 21.2 Å². The molecule has 0 amide bonds. The molecule has 1 aromatic heterocycles. The average molecular weight is 325 g/mol. The van der Waals surface area contributed by atoms with Crippen molar-refractivity contribution in [2.75, 3.05) is 4.72 Å². The molecule has 2 N–H and O–H groups in total. The van der Waals surface area contributed by atoms with Crippen molar-refractivity contribution in [1.29, 1.82) is 0 Å². The SMILES string of the molecule is CC(=O)c1cccc(NS(=O)(=O)c2cc(C(=O)O)cs2)c1. The lowest BCUT2D eigenvalue weighted by Crippen LogP contribution is -2.12. The fourth-order valence-corrected chi connectivity index (χ4v) is 3.78. The first-order valence-corrected chi connectivity index (χ1v) is 8.11. The molecule has 0 radical (unpaired) electrons. The van der Waals surface area contributed by atoms with Crippen molar-refractivity contribution in [3.8, 4) is 0 Å². The second kappa shape index (κ2) is 5.66. The zero-order chi connectivity index (χ0) is 15.6. The average Bonchev–Trinajstić information content (AvgIpc) is 2.89. The third-order valence-electron chi connectivity index (χ3n) is 2.61. The van der Waals surface area contributed by atoms with Crippen LogP contribution in [0, 0.1) is 0 Å². The summed E-state index contributed by atoms with van der Waals surface area (Å²) in [6.07, 6.45) is 0. The molecule has 0 saturated heterocycles. The van der Waals surface area contributed by atoms with Crippen molar-refractivity contribution in [2.45, 2.75) is 11.1 Å². The van der Waals surface area contributed by atoms with Gasteiger partial charge in [-0.1, -0.05) is 12.1 Å². The van der Waals surface area contributed by atoms with E-state index in [1.165, 1.54) is 24.4 Å². The Balaban J connectivity index is 2.30. The van der Waals surface area contributed by atoms with Gasteiger partial charge in [-0.2, -0.15) is 0 Å². The van der Waals surface area contributed by atoms with Gasteiger partial charge in [-0.05, 0) is 25.1 Å². The molecule has 0 saturated carbocycles. The molecule has 0 aliphatic rings. The number of thiophene rings is 1. The summed E-state index contributed by atoms with van der Waals surface area (Å²) in [5, 5.41) is 10.1. The highest BCUT2D eigenvalue weighted by molar-refractivity contribution is 7.94. The quantitative estimate of drug-likeness (QED) is 0.822. The number of benzene rings is 1. The molecular weight excluding hydrogens is 314 g/mol. The van der Waals surface area contributed by atoms with Crippen LogP contribution >= 0.6 is 11.3 Å².